The molecule has 0 spiro atoms. The second kappa shape index (κ2) is 10.6. The molecule has 6 nitrogen and oxygen atoms in total. The van der Waals surface area contributed by atoms with Gasteiger partial charge in [0.2, 0.25) is 5.91 Å². The summed E-state index contributed by atoms with van der Waals surface area (Å²) in [5.74, 6) is -0.323. The van der Waals surface area contributed by atoms with Crippen LogP contribution in [0.1, 0.15) is 29.5 Å². The Kier molecular flexibility index (Phi) is 7.17. The highest BCUT2D eigenvalue weighted by atomic mass is 16.2. The van der Waals surface area contributed by atoms with Crippen molar-refractivity contribution in [3.8, 4) is 0 Å². The third-order valence-electron chi connectivity index (χ3n) is 5.75. The molecule has 168 valence electrons. The number of hydrogen-bond donors (Lipinski definition) is 4. The van der Waals surface area contributed by atoms with Gasteiger partial charge < -0.3 is 15.6 Å². The molecule has 0 saturated carbocycles. The summed E-state index contributed by atoms with van der Waals surface area (Å²) < 4.78 is 0. The quantitative estimate of drug-likeness (QED) is 0.329. The number of nitrogens with one attached hydrogen (secondary N) is 4. The van der Waals surface area contributed by atoms with E-state index in [1.54, 1.807) is 6.92 Å². The first-order valence-corrected chi connectivity index (χ1v) is 11.1. The Bertz CT molecular complexity index is 1200. The van der Waals surface area contributed by atoms with Crippen molar-refractivity contribution in [3.05, 3.63) is 108 Å². The maximum atomic E-state index is 12.6. The van der Waals surface area contributed by atoms with Crippen LogP contribution in [0.15, 0.2) is 91.1 Å². The van der Waals surface area contributed by atoms with E-state index in [1.165, 1.54) is 0 Å². The number of benzene rings is 3. The van der Waals surface area contributed by atoms with Crippen molar-refractivity contribution in [1.29, 1.82) is 0 Å². The van der Waals surface area contributed by atoms with E-state index < -0.39 is 12.1 Å². The number of fused-ring (bicyclic) bond motifs is 1. The highest BCUT2D eigenvalue weighted by molar-refractivity contribution is 5.96. The molecule has 0 unspecified atom stereocenters. The van der Waals surface area contributed by atoms with Crippen LogP contribution in [-0.4, -0.2) is 29.5 Å². The fourth-order valence-corrected chi connectivity index (χ4v) is 3.90. The molecule has 0 radical (unpaired) electrons. The number of carbonyl (C=O) groups is 2. The summed E-state index contributed by atoms with van der Waals surface area (Å²) in [5.41, 5.74) is 4.37. The number of H-pyrrole nitrogens is 1. The molecule has 0 bridgehead atoms. The van der Waals surface area contributed by atoms with Gasteiger partial charge in [0.1, 0.15) is 0 Å². The maximum Gasteiger partial charge on any atom is 0.321 e. The van der Waals surface area contributed by atoms with Gasteiger partial charge in [-0.25, -0.2) is 4.79 Å². The van der Waals surface area contributed by atoms with Crippen molar-refractivity contribution in [1.82, 2.24) is 20.9 Å². The monoisotopic (exact) mass is 440 g/mol. The number of aromatic nitrogens is 1. The molecule has 0 fully saturated rings. The van der Waals surface area contributed by atoms with Crippen LogP contribution in [0.25, 0.3) is 10.9 Å². The Morgan fingerprint density at radius 1 is 0.879 bits per heavy atom. The van der Waals surface area contributed by atoms with Crippen molar-refractivity contribution in [2.75, 3.05) is 6.54 Å². The molecule has 1 heterocycles. The highest BCUT2D eigenvalue weighted by Crippen LogP contribution is 2.30. The van der Waals surface area contributed by atoms with E-state index in [0.717, 1.165) is 27.6 Å². The van der Waals surface area contributed by atoms with Gasteiger partial charge in [0.15, 0.2) is 0 Å². The number of carbonyl (C=O) groups excluding carboxylic acids is 2. The molecule has 4 N–H and O–H groups in total. The average molecular weight is 441 g/mol. The lowest BCUT2D eigenvalue weighted by Gasteiger charge is -2.21. The second-order valence-corrected chi connectivity index (χ2v) is 8.04. The fraction of sp³-hybridized carbons (Fsp3) is 0.185. The molecule has 33 heavy (non-hydrogen) atoms. The van der Waals surface area contributed by atoms with Crippen LogP contribution >= 0.6 is 0 Å². The van der Waals surface area contributed by atoms with Gasteiger partial charge in [-0.05, 0) is 29.7 Å². The van der Waals surface area contributed by atoms with Crippen LogP contribution in [0.3, 0.4) is 0 Å². The Hall–Kier alpha value is -3.90. The second-order valence-electron chi connectivity index (χ2n) is 8.04. The minimum atomic E-state index is -0.538. The predicted molar refractivity (Wildman–Crippen MR) is 131 cm³/mol. The van der Waals surface area contributed by atoms with E-state index in [-0.39, 0.29) is 11.8 Å². The minimum absolute atomic E-state index is 0.0458. The molecule has 4 aromatic rings. The Morgan fingerprint density at radius 2 is 1.55 bits per heavy atom. The van der Waals surface area contributed by atoms with Gasteiger partial charge in [-0.1, -0.05) is 78.9 Å². The summed E-state index contributed by atoms with van der Waals surface area (Å²) in [7, 11) is 0. The van der Waals surface area contributed by atoms with Gasteiger partial charge in [-0.15, -0.1) is 0 Å². The van der Waals surface area contributed by atoms with Gasteiger partial charge in [0, 0.05) is 36.1 Å². The molecule has 3 aromatic carbocycles. The van der Waals surface area contributed by atoms with Gasteiger partial charge in [-0.2, -0.15) is 0 Å². The number of rotatable bonds is 8. The largest absolute Gasteiger partial charge is 0.361 e. The van der Waals surface area contributed by atoms with Crippen LogP contribution < -0.4 is 16.0 Å². The molecule has 0 aliphatic carbocycles. The third-order valence-corrected chi connectivity index (χ3v) is 5.75. The number of aromatic amines is 1. The van der Waals surface area contributed by atoms with Crippen molar-refractivity contribution in [3.63, 3.8) is 0 Å². The molecule has 3 amide bonds. The Labute approximate surface area is 193 Å². The third kappa shape index (κ3) is 5.67. The van der Waals surface area contributed by atoms with Gasteiger partial charge in [0.25, 0.3) is 0 Å². The number of hydrogen-bond acceptors (Lipinski definition) is 3. The number of imide groups is 1. The first-order chi connectivity index (χ1) is 16.1. The molecule has 0 saturated heterocycles. The zero-order valence-electron chi connectivity index (χ0n) is 18.5. The van der Waals surface area contributed by atoms with E-state index in [9.17, 15) is 9.59 Å². The summed E-state index contributed by atoms with van der Waals surface area (Å²) in [6.45, 7) is 2.67. The predicted octanol–water partition coefficient (Wildman–Crippen LogP) is 4.30. The standard InChI is InChI=1S/C27H28N4O2/c1-19(26(32)31-27(33)30-16-20-10-4-2-5-11-20)28-17-23(21-12-6-3-7-13-21)24-18-29-25-15-9-8-14-22(24)25/h2-15,18-19,23,28-29H,16-17H2,1H3,(H2,30,31,32,33)/t19-,23+/m1/s1. The number of para-hydroxylation sites is 1. The van der Waals surface area contributed by atoms with Gasteiger partial charge >= 0.3 is 6.03 Å². The van der Waals surface area contributed by atoms with Crippen LogP contribution in [0.5, 0.6) is 0 Å². The lowest BCUT2D eigenvalue weighted by Crippen LogP contribution is -2.48. The average Bonchev–Trinajstić information content (AvgIpc) is 3.28. The summed E-state index contributed by atoms with van der Waals surface area (Å²) >= 11 is 0. The number of amides is 3. The molecule has 1 aromatic heterocycles. The molecular formula is C27H28N4O2. The summed E-state index contributed by atoms with van der Waals surface area (Å²) in [4.78, 5) is 28.1. The Morgan fingerprint density at radius 3 is 2.30 bits per heavy atom. The minimum Gasteiger partial charge on any atom is -0.361 e. The molecule has 0 aliphatic rings. The number of urea groups is 1. The van der Waals surface area contributed by atoms with E-state index >= 15 is 0 Å². The summed E-state index contributed by atoms with van der Waals surface area (Å²) in [5, 5.41) is 9.60. The zero-order valence-corrected chi connectivity index (χ0v) is 18.5. The van der Waals surface area contributed by atoms with Crippen molar-refractivity contribution >= 4 is 22.8 Å². The fourth-order valence-electron chi connectivity index (χ4n) is 3.90. The van der Waals surface area contributed by atoms with Crippen LogP contribution in [0.2, 0.25) is 0 Å². The van der Waals surface area contributed by atoms with Crippen molar-refractivity contribution < 1.29 is 9.59 Å². The Balaban J connectivity index is 1.39. The lowest BCUT2D eigenvalue weighted by molar-refractivity contribution is -0.121. The first kappa shape index (κ1) is 22.3. The van der Waals surface area contributed by atoms with E-state index in [0.29, 0.717) is 13.1 Å². The first-order valence-electron chi connectivity index (χ1n) is 11.1. The normalized spacial score (nSPS) is 12.8. The molecule has 6 heteroatoms. The molecule has 0 aliphatic heterocycles. The highest BCUT2D eigenvalue weighted by Gasteiger charge is 2.21. The SMILES string of the molecule is C[C@@H](NC[C@@H](c1ccccc1)c1c[nH]c2ccccc12)C(=O)NC(=O)NCc1ccccc1. The van der Waals surface area contributed by atoms with E-state index in [1.807, 2.05) is 66.9 Å². The summed E-state index contributed by atoms with van der Waals surface area (Å²) in [6.07, 6.45) is 2.03. The maximum absolute atomic E-state index is 12.6. The van der Waals surface area contributed by atoms with Crippen molar-refractivity contribution in [2.45, 2.75) is 25.4 Å². The smallest absolute Gasteiger partial charge is 0.321 e. The zero-order chi connectivity index (χ0) is 23.0. The van der Waals surface area contributed by atoms with E-state index in [4.69, 9.17) is 0 Å². The summed E-state index contributed by atoms with van der Waals surface area (Å²) in [6, 6.07) is 26.9. The molecule has 2 atom stereocenters. The van der Waals surface area contributed by atoms with Crippen LogP contribution in [0.4, 0.5) is 4.79 Å². The van der Waals surface area contributed by atoms with Crippen molar-refractivity contribution in [2.24, 2.45) is 0 Å². The molecular weight excluding hydrogens is 412 g/mol. The van der Waals surface area contributed by atoms with Gasteiger partial charge in [-0.3, -0.25) is 10.1 Å². The molecule has 4 rings (SSSR count). The van der Waals surface area contributed by atoms with Crippen LogP contribution in [-0.2, 0) is 11.3 Å². The lowest BCUT2D eigenvalue weighted by atomic mass is 9.90. The van der Waals surface area contributed by atoms with E-state index in [2.05, 4.69) is 45.2 Å². The van der Waals surface area contributed by atoms with Gasteiger partial charge in [0.05, 0.1) is 6.04 Å². The topological polar surface area (TPSA) is 86.0 Å². The van der Waals surface area contributed by atoms with Crippen LogP contribution in [0, 0.1) is 0 Å².